The van der Waals surface area contributed by atoms with E-state index in [0.717, 1.165) is 12.8 Å². The van der Waals surface area contributed by atoms with Crippen LogP contribution >= 0.6 is 0 Å². The van der Waals surface area contributed by atoms with Gasteiger partial charge in [0.2, 0.25) is 11.8 Å². The molecule has 0 saturated heterocycles. The summed E-state index contributed by atoms with van der Waals surface area (Å²) in [6.45, 7) is 3.28. The second-order valence-electron chi connectivity index (χ2n) is 6.11. The zero-order chi connectivity index (χ0) is 15.8. The van der Waals surface area contributed by atoms with Crippen LogP contribution in [0.25, 0.3) is 0 Å². The number of amides is 2. The number of aliphatic carboxylic acids is 1. The maximum Gasteiger partial charge on any atom is 0.326 e. The minimum atomic E-state index is -1.06. The van der Waals surface area contributed by atoms with Crippen molar-refractivity contribution in [3.05, 3.63) is 0 Å². The van der Waals surface area contributed by atoms with Crippen LogP contribution < -0.4 is 10.6 Å². The molecule has 1 saturated carbocycles. The molecule has 0 aromatic rings. The lowest BCUT2D eigenvalue weighted by molar-refractivity contribution is -0.143. The van der Waals surface area contributed by atoms with Gasteiger partial charge in [0.15, 0.2) is 0 Å². The smallest absolute Gasteiger partial charge is 0.326 e. The summed E-state index contributed by atoms with van der Waals surface area (Å²) in [5, 5.41) is 14.0. The summed E-state index contributed by atoms with van der Waals surface area (Å²) < 4.78 is 0. The van der Waals surface area contributed by atoms with Crippen molar-refractivity contribution >= 4 is 17.8 Å². The molecule has 1 aliphatic carbocycles. The average molecular weight is 298 g/mol. The second kappa shape index (κ2) is 8.64. The summed E-state index contributed by atoms with van der Waals surface area (Å²) in [6, 6.07) is -0.923. The van der Waals surface area contributed by atoms with Gasteiger partial charge >= 0.3 is 5.97 Å². The predicted molar refractivity (Wildman–Crippen MR) is 78.6 cm³/mol. The van der Waals surface area contributed by atoms with Gasteiger partial charge in [-0.1, -0.05) is 33.1 Å². The van der Waals surface area contributed by atoms with Gasteiger partial charge in [-0.3, -0.25) is 9.59 Å². The molecule has 2 amide bonds. The van der Waals surface area contributed by atoms with Gasteiger partial charge in [-0.2, -0.15) is 0 Å². The molecule has 6 heteroatoms. The van der Waals surface area contributed by atoms with Gasteiger partial charge in [0.25, 0.3) is 0 Å². The van der Waals surface area contributed by atoms with Crippen LogP contribution in [0.3, 0.4) is 0 Å². The van der Waals surface area contributed by atoms with Gasteiger partial charge in [0.05, 0.1) is 6.54 Å². The lowest BCUT2D eigenvalue weighted by Gasteiger charge is -2.21. The van der Waals surface area contributed by atoms with Crippen molar-refractivity contribution in [2.75, 3.05) is 6.54 Å². The van der Waals surface area contributed by atoms with E-state index in [1.54, 1.807) is 13.8 Å². The number of rotatable bonds is 7. The highest BCUT2D eigenvalue weighted by Crippen LogP contribution is 2.25. The third-order valence-electron chi connectivity index (χ3n) is 3.89. The number of nitrogens with one attached hydrogen (secondary N) is 2. The van der Waals surface area contributed by atoms with E-state index in [4.69, 9.17) is 5.11 Å². The van der Waals surface area contributed by atoms with Gasteiger partial charge in [0, 0.05) is 6.42 Å². The Balaban J connectivity index is 2.28. The molecule has 1 rings (SSSR count). The standard InChI is InChI=1S/C15H26N2O4/c1-10(2)14(15(20)21)17-13(19)9-16-12(18)8-11-6-4-3-5-7-11/h10-11,14H,3-9H2,1-2H3,(H,16,18)(H,17,19)(H,20,21). The molecule has 1 atom stereocenters. The molecular weight excluding hydrogens is 272 g/mol. The molecule has 0 aliphatic heterocycles. The number of carbonyl (C=O) groups is 3. The SMILES string of the molecule is CC(C)C(NC(=O)CNC(=O)CC1CCCCC1)C(=O)O. The Morgan fingerprint density at radius 2 is 1.71 bits per heavy atom. The second-order valence-corrected chi connectivity index (χ2v) is 6.11. The van der Waals surface area contributed by atoms with Crippen molar-refractivity contribution < 1.29 is 19.5 Å². The van der Waals surface area contributed by atoms with Crippen LogP contribution in [0.5, 0.6) is 0 Å². The molecule has 0 spiro atoms. The van der Waals surface area contributed by atoms with E-state index in [1.807, 2.05) is 0 Å². The first-order valence-corrected chi connectivity index (χ1v) is 7.69. The zero-order valence-electron chi connectivity index (χ0n) is 12.9. The van der Waals surface area contributed by atoms with Gasteiger partial charge in [0.1, 0.15) is 6.04 Å². The molecule has 0 heterocycles. The monoisotopic (exact) mass is 298 g/mol. The number of carboxylic acid groups (broad SMARTS) is 1. The first-order chi connectivity index (χ1) is 9.90. The minimum absolute atomic E-state index is 0.131. The third kappa shape index (κ3) is 6.60. The van der Waals surface area contributed by atoms with Crippen molar-refractivity contribution in [1.82, 2.24) is 10.6 Å². The summed E-state index contributed by atoms with van der Waals surface area (Å²) in [7, 11) is 0. The molecule has 0 aromatic carbocycles. The van der Waals surface area contributed by atoms with Crippen molar-refractivity contribution in [2.24, 2.45) is 11.8 Å². The first kappa shape index (κ1) is 17.5. The molecule has 3 N–H and O–H groups in total. The lowest BCUT2D eigenvalue weighted by atomic mass is 9.87. The normalized spacial score (nSPS) is 17.3. The highest BCUT2D eigenvalue weighted by molar-refractivity contribution is 5.88. The summed E-state index contributed by atoms with van der Waals surface area (Å²) in [4.78, 5) is 34.4. The maximum atomic E-state index is 11.8. The zero-order valence-corrected chi connectivity index (χ0v) is 12.9. The van der Waals surface area contributed by atoms with Gasteiger partial charge < -0.3 is 15.7 Å². The molecule has 0 aromatic heterocycles. The molecule has 0 radical (unpaired) electrons. The van der Waals surface area contributed by atoms with Crippen molar-refractivity contribution in [2.45, 2.75) is 58.4 Å². The topological polar surface area (TPSA) is 95.5 Å². The number of hydrogen-bond acceptors (Lipinski definition) is 3. The molecule has 1 aliphatic rings. The van der Waals surface area contributed by atoms with E-state index in [-0.39, 0.29) is 18.4 Å². The molecule has 1 fully saturated rings. The molecule has 21 heavy (non-hydrogen) atoms. The Morgan fingerprint density at radius 1 is 1.10 bits per heavy atom. The number of carboxylic acids is 1. The lowest BCUT2D eigenvalue weighted by Crippen LogP contribution is -2.48. The van der Waals surface area contributed by atoms with E-state index < -0.39 is 17.9 Å². The summed E-state index contributed by atoms with van der Waals surface area (Å²) in [5.41, 5.74) is 0. The summed E-state index contributed by atoms with van der Waals surface area (Å²) in [6.07, 6.45) is 6.20. The van der Waals surface area contributed by atoms with E-state index in [1.165, 1.54) is 19.3 Å². The molecule has 120 valence electrons. The van der Waals surface area contributed by atoms with Gasteiger partial charge in [-0.05, 0) is 24.7 Å². The largest absolute Gasteiger partial charge is 0.480 e. The van der Waals surface area contributed by atoms with Crippen molar-refractivity contribution in [1.29, 1.82) is 0 Å². The summed E-state index contributed by atoms with van der Waals surface area (Å²) in [5.74, 6) is -1.44. The Morgan fingerprint density at radius 3 is 2.24 bits per heavy atom. The van der Waals surface area contributed by atoms with Crippen LogP contribution in [0.4, 0.5) is 0 Å². The fourth-order valence-electron chi connectivity index (χ4n) is 2.64. The van der Waals surface area contributed by atoms with Crippen LogP contribution in [-0.4, -0.2) is 35.5 Å². The highest BCUT2D eigenvalue weighted by atomic mass is 16.4. The quantitative estimate of drug-likeness (QED) is 0.660. The van der Waals surface area contributed by atoms with Crippen LogP contribution in [-0.2, 0) is 14.4 Å². The number of carbonyl (C=O) groups excluding carboxylic acids is 2. The van der Waals surface area contributed by atoms with Crippen LogP contribution in [0, 0.1) is 11.8 Å². The Kier molecular flexibility index (Phi) is 7.19. The van der Waals surface area contributed by atoms with Gasteiger partial charge in [-0.15, -0.1) is 0 Å². The first-order valence-electron chi connectivity index (χ1n) is 7.69. The van der Waals surface area contributed by atoms with Crippen molar-refractivity contribution in [3.8, 4) is 0 Å². The Hall–Kier alpha value is -1.59. The average Bonchev–Trinajstić information content (AvgIpc) is 2.43. The van der Waals surface area contributed by atoms with E-state index in [0.29, 0.717) is 12.3 Å². The molecule has 6 nitrogen and oxygen atoms in total. The number of hydrogen-bond donors (Lipinski definition) is 3. The summed E-state index contributed by atoms with van der Waals surface area (Å²) >= 11 is 0. The van der Waals surface area contributed by atoms with Gasteiger partial charge in [-0.25, -0.2) is 4.79 Å². The Bertz CT molecular complexity index is 376. The van der Waals surface area contributed by atoms with Crippen LogP contribution in [0.15, 0.2) is 0 Å². The van der Waals surface area contributed by atoms with E-state index >= 15 is 0 Å². The van der Waals surface area contributed by atoms with Crippen LogP contribution in [0.1, 0.15) is 52.4 Å². The molecular formula is C15H26N2O4. The molecule has 0 bridgehead atoms. The van der Waals surface area contributed by atoms with E-state index in [2.05, 4.69) is 10.6 Å². The Labute approximate surface area is 125 Å². The third-order valence-corrected chi connectivity index (χ3v) is 3.89. The maximum absolute atomic E-state index is 11.8. The van der Waals surface area contributed by atoms with Crippen LogP contribution in [0.2, 0.25) is 0 Å². The van der Waals surface area contributed by atoms with E-state index in [9.17, 15) is 14.4 Å². The fraction of sp³-hybridized carbons (Fsp3) is 0.800. The fourth-order valence-corrected chi connectivity index (χ4v) is 2.64. The van der Waals surface area contributed by atoms with Crippen molar-refractivity contribution in [3.63, 3.8) is 0 Å². The highest BCUT2D eigenvalue weighted by Gasteiger charge is 2.23. The minimum Gasteiger partial charge on any atom is -0.480 e. The molecule has 1 unspecified atom stereocenters. The predicted octanol–water partition coefficient (Wildman–Crippen LogP) is 1.30.